The molecule has 1 N–H and O–H groups in total. The van der Waals surface area contributed by atoms with Gasteiger partial charge in [0.1, 0.15) is 11.6 Å². The monoisotopic (exact) mass is 329 g/mol. The van der Waals surface area contributed by atoms with E-state index in [1.165, 1.54) is 12.1 Å². The first-order valence-electron chi connectivity index (χ1n) is 8.01. The fourth-order valence-corrected chi connectivity index (χ4v) is 2.78. The third-order valence-corrected chi connectivity index (χ3v) is 4.07. The Morgan fingerprint density at radius 3 is 2.92 bits per heavy atom. The van der Waals surface area contributed by atoms with Crippen LogP contribution in [-0.2, 0) is 4.79 Å². The Bertz CT molecular complexity index is 664. The van der Waals surface area contributed by atoms with Crippen LogP contribution < -0.4 is 15.0 Å². The molecule has 24 heavy (non-hydrogen) atoms. The lowest BCUT2D eigenvalue weighted by Gasteiger charge is -2.18. The van der Waals surface area contributed by atoms with Crippen LogP contribution >= 0.6 is 0 Å². The van der Waals surface area contributed by atoms with Crippen molar-refractivity contribution in [1.82, 2.24) is 10.3 Å². The number of nitrogens with one attached hydrogen (secondary N) is 1. The highest BCUT2D eigenvalue weighted by atomic mass is 19.1. The summed E-state index contributed by atoms with van der Waals surface area (Å²) in [6.45, 7) is 2.38. The molecule has 126 valence electrons. The number of halogens is 1. The summed E-state index contributed by atoms with van der Waals surface area (Å²) < 4.78 is 18.3. The number of amides is 1. The van der Waals surface area contributed by atoms with Crippen LogP contribution in [0.3, 0.4) is 0 Å². The quantitative estimate of drug-likeness (QED) is 0.883. The Morgan fingerprint density at radius 1 is 1.33 bits per heavy atom. The van der Waals surface area contributed by atoms with E-state index in [-0.39, 0.29) is 18.3 Å². The lowest BCUT2D eigenvalue weighted by atomic mass is 10.1. The molecule has 1 amide bonds. The van der Waals surface area contributed by atoms with Crippen molar-refractivity contribution in [2.75, 3.05) is 31.1 Å². The summed E-state index contributed by atoms with van der Waals surface area (Å²) in [7, 11) is 0. The van der Waals surface area contributed by atoms with Gasteiger partial charge in [-0.25, -0.2) is 4.39 Å². The van der Waals surface area contributed by atoms with Crippen LogP contribution in [0.15, 0.2) is 48.8 Å². The van der Waals surface area contributed by atoms with Crippen molar-refractivity contribution in [2.45, 2.75) is 6.42 Å². The smallest absolute Gasteiger partial charge is 0.257 e. The van der Waals surface area contributed by atoms with Gasteiger partial charge in [0.2, 0.25) is 0 Å². The van der Waals surface area contributed by atoms with Gasteiger partial charge in [-0.2, -0.15) is 0 Å². The number of carbonyl (C=O) groups excluding carboxylic acids is 1. The molecule has 1 aromatic heterocycles. The largest absolute Gasteiger partial charge is 0.482 e. The molecule has 1 saturated heterocycles. The number of anilines is 1. The number of hydrogen-bond acceptors (Lipinski definition) is 4. The highest BCUT2D eigenvalue weighted by Gasteiger charge is 2.23. The van der Waals surface area contributed by atoms with Crippen molar-refractivity contribution in [2.24, 2.45) is 5.92 Å². The molecule has 5 nitrogen and oxygen atoms in total. The van der Waals surface area contributed by atoms with Crippen molar-refractivity contribution in [3.05, 3.63) is 54.6 Å². The Balaban J connectivity index is 1.39. The summed E-state index contributed by atoms with van der Waals surface area (Å²) in [5, 5.41) is 2.90. The highest BCUT2D eigenvalue weighted by molar-refractivity contribution is 5.77. The van der Waals surface area contributed by atoms with E-state index in [1.54, 1.807) is 36.7 Å². The third-order valence-electron chi connectivity index (χ3n) is 4.07. The number of rotatable bonds is 6. The number of carbonyl (C=O) groups is 1. The number of aromatic nitrogens is 1. The minimum Gasteiger partial charge on any atom is -0.482 e. The van der Waals surface area contributed by atoms with Crippen molar-refractivity contribution >= 4 is 11.6 Å². The Hall–Kier alpha value is -2.63. The zero-order valence-electron chi connectivity index (χ0n) is 13.3. The molecule has 0 radical (unpaired) electrons. The number of benzene rings is 1. The van der Waals surface area contributed by atoms with Crippen LogP contribution in [-0.4, -0.2) is 37.1 Å². The molecule has 0 saturated carbocycles. The molecule has 1 fully saturated rings. The maximum absolute atomic E-state index is 13.0. The van der Waals surface area contributed by atoms with E-state index in [4.69, 9.17) is 4.74 Å². The van der Waals surface area contributed by atoms with Gasteiger partial charge >= 0.3 is 0 Å². The average molecular weight is 329 g/mol. The van der Waals surface area contributed by atoms with E-state index in [0.29, 0.717) is 18.2 Å². The van der Waals surface area contributed by atoms with Crippen molar-refractivity contribution < 1.29 is 13.9 Å². The molecule has 3 rings (SSSR count). The van der Waals surface area contributed by atoms with Crippen LogP contribution in [0.25, 0.3) is 0 Å². The van der Waals surface area contributed by atoms with Crippen molar-refractivity contribution in [1.29, 1.82) is 0 Å². The molecule has 2 heterocycles. The SMILES string of the molecule is O=C(COc1cccnc1)NC[C@@H]1CCN(c2ccc(F)cc2)C1. The molecule has 1 aromatic carbocycles. The number of pyridine rings is 1. The fourth-order valence-electron chi connectivity index (χ4n) is 2.78. The highest BCUT2D eigenvalue weighted by Crippen LogP contribution is 2.23. The maximum Gasteiger partial charge on any atom is 0.257 e. The predicted octanol–water partition coefficient (Wildman–Crippen LogP) is 2.24. The summed E-state index contributed by atoms with van der Waals surface area (Å²) in [5.41, 5.74) is 1.02. The van der Waals surface area contributed by atoms with Gasteiger partial charge in [-0.05, 0) is 48.7 Å². The molecule has 0 unspecified atom stereocenters. The topological polar surface area (TPSA) is 54.5 Å². The van der Waals surface area contributed by atoms with E-state index >= 15 is 0 Å². The second kappa shape index (κ2) is 7.77. The van der Waals surface area contributed by atoms with Gasteiger partial charge in [0.25, 0.3) is 5.91 Å². The van der Waals surface area contributed by atoms with Crippen molar-refractivity contribution in [3.63, 3.8) is 0 Å². The minimum atomic E-state index is -0.227. The first kappa shape index (κ1) is 16.2. The molecular formula is C18H20FN3O2. The summed E-state index contributed by atoms with van der Waals surface area (Å²) in [6, 6.07) is 10.0. The molecule has 0 spiro atoms. The van der Waals surface area contributed by atoms with Gasteiger partial charge in [0.15, 0.2) is 6.61 Å². The first-order valence-corrected chi connectivity index (χ1v) is 8.01. The lowest BCUT2D eigenvalue weighted by molar-refractivity contribution is -0.123. The summed E-state index contributed by atoms with van der Waals surface area (Å²) in [5.74, 6) is 0.600. The standard InChI is InChI=1S/C18H20FN3O2/c19-15-3-5-16(6-4-15)22-9-7-14(12-22)10-21-18(23)13-24-17-2-1-8-20-11-17/h1-6,8,11,14H,7,9-10,12-13H2,(H,21,23)/t14-/m0/s1. The van der Waals surface area contributed by atoms with Gasteiger partial charge in [-0.3, -0.25) is 9.78 Å². The summed E-state index contributed by atoms with van der Waals surface area (Å²) in [6.07, 6.45) is 4.23. The summed E-state index contributed by atoms with van der Waals surface area (Å²) >= 11 is 0. The molecular weight excluding hydrogens is 309 g/mol. The molecule has 1 aliphatic rings. The van der Waals surface area contributed by atoms with Gasteiger partial charge in [-0.15, -0.1) is 0 Å². The van der Waals surface area contributed by atoms with Gasteiger partial charge < -0.3 is 15.0 Å². The Labute approximate surface area is 140 Å². The number of hydrogen-bond donors (Lipinski definition) is 1. The van der Waals surface area contributed by atoms with Crippen LogP contribution in [0, 0.1) is 11.7 Å². The number of nitrogens with zero attached hydrogens (tertiary/aromatic N) is 2. The Kier molecular flexibility index (Phi) is 5.25. The zero-order valence-corrected chi connectivity index (χ0v) is 13.3. The molecule has 1 atom stereocenters. The van der Waals surface area contributed by atoms with E-state index in [9.17, 15) is 9.18 Å². The van der Waals surface area contributed by atoms with Gasteiger partial charge in [-0.1, -0.05) is 0 Å². The maximum atomic E-state index is 13.0. The van der Waals surface area contributed by atoms with Crippen LogP contribution in [0.5, 0.6) is 5.75 Å². The number of ether oxygens (including phenoxy) is 1. The van der Waals surface area contributed by atoms with Crippen LogP contribution in [0.2, 0.25) is 0 Å². The van der Waals surface area contributed by atoms with E-state index in [0.717, 1.165) is 25.2 Å². The first-order chi connectivity index (χ1) is 11.7. The van der Waals surface area contributed by atoms with Crippen molar-refractivity contribution in [3.8, 4) is 5.75 Å². The molecule has 0 bridgehead atoms. The predicted molar refractivity (Wildman–Crippen MR) is 89.5 cm³/mol. The third kappa shape index (κ3) is 4.44. The molecule has 1 aliphatic heterocycles. The van der Waals surface area contributed by atoms with E-state index in [1.807, 2.05) is 0 Å². The normalized spacial score (nSPS) is 16.9. The fraction of sp³-hybridized carbons (Fsp3) is 0.333. The van der Waals surface area contributed by atoms with Gasteiger partial charge in [0, 0.05) is 31.5 Å². The molecule has 0 aliphatic carbocycles. The average Bonchev–Trinajstić information content (AvgIpc) is 3.09. The van der Waals surface area contributed by atoms with E-state index in [2.05, 4.69) is 15.2 Å². The Morgan fingerprint density at radius 2 is 2.17 bits per heavy atom. The lowest BCUT2D eigenvalue weighted by Crippen LogP contribution is -2.34. The molecule has 6 heteroatoms. The summed E-state index contributed by atoms with van der Waals surface area (Å²) in [4.78, 5) is 18.0. The zero-order chi connectivity index (χ0) is 16.8. The second-order valence-corrected chi connectivity index (χ2v) is 5.86. The second-order valence-electron chi connectivity index (χ2n) is 5.86. The van der Waals surface area contributed by atoms with Crippen LogP contribution in [0.1, 0.15) is 6.42 Å². The minimum absolute atomic E-state index is 0.0138. The van der Waals surface area contributed by atoms with E-state index < -0.39 is 0 Å². The molecule has 2 aromatic rings. The van der Waals surface area contributed by atoms with Crippen LogP contribution in [0.4, 0.5) is 10.1 Å². The van der Waals surface area contributed by atoms with Gasteiger partial charge in [0.05, 0.1) is 6.20 Å².